The highest BCUT2D eigenvalue weighted by Gasteiger charge is 2.17. The van der Waals surface area contributed by atoms with Crippen molar-refractivity contribution in [2.45, 2.75) is 27.2 Å². The van der Waals surface area contributed by atoms with Gasteiger partial charge in [-0.1, -0.05) is 20.3 Å². The van der Waals surface area contributed by atoms with Gasteiger partial charge in [-0.3, -0.25) is 4.79 Å². The maximum atomic E-state index is 12.3. The van der Waals surface area contributed by atoms with Crippen LogP contribution in [-0.2, 0) is 0 Å². The van der Waals surface area contributed by atoms with Crippen LogP contribution < -0.4 is 5.32 Å². The molecular formula is C14H23N3O. The molecule has 1 unspecified atom stereocenters. The summed E-state index contributed by atoms with van der Waals surface area (Å²) in [6, 6.07) is 3.62. The van der Waals surface area contributed by atoms with Gasteiger partial charge in [-0.2, -0.15) is 0 Å². The molecule has 100 valence electrons. The molecule has 1 heterocycles. The summed E-state index contributed by atoms with van der Waals surface area (Å²) in [4.78, 5) is 18.3. The fraction of sp³-hybridized carbons (Fsp3) is 0.571. The predicted molar refractivity (Wildman–Crippen MR) is 74.8 cm³/mol. The SMILES string of the molecule is CCNc1ncccc1C(=O)N(C)CC(C)CC. The van der Waals surface area contributed by atoms with E-state index in [0.717, 1.165) is 19.5 Å². The number of nitrogens with one attached hydrogen (secondary N) is 1. The Balaban J connectivity index is 2.82. The van der Waals surface area contributed by atoms with Gasteiger partial charge in [0, 0.05) is 26.3 Å². The number of rotatable bonds is 6. The molecule has 4 nitrogen and oxygen atoms in total. The predicted octanol–water partition coefficient (Wildman–Crippen LogP) is 2.63. The first-order valence-electron chi connectivity index (χ1n) is 6.54. The summed E-state index contributed by atoms with van der Waals surface area (Å²) in [6.45, 7) is 7.81. The minimum atomic E-state index is 0.0272. The van der Waals surface area contributed by atoms with Crippen molar-refractivity contribution in [3.05, 3.63) is 23.9 Å². The number of aromatic nitrogens is 1. The third-order valence-electron chi connectivity index (χ3n) is 3.01. The number of carbonyl (C=O) groups is 1. The zero-order valence-electron chi connectivity index (χ0n) is 11.7. The molecule has 0 spiro atoms. The van der Waals surface area contributed by atoms with E-state index < -0.39 is 0 Å². The van der Waals surface area contributed by atoms with Crippen LogP contribution in [0, 0.1) is 5.92 Å². The fourth-order valence-electron chi connectivity index (χ4n) is 1.77. The smallest absolute Gasteiger partial charge is 0.257 e. The van der Waals surface area contributed by atoms with E-state index in [1.807, 2.05) is 20.0 Å². The Bertz CT molecular complexity index is 392. The zero-order chi connectivity index (χ0) is 13.5. The standard InChI is InChI=1S/C14H23N3O/c1-5-11(3)10-17(4)14(18)12-8-7-9-16-13(12)15-6-2/h7-9,11H,5-6,10H2,1-4H3,(H,15,16). The molecule has 1 aromatic rings. The second kappa shape index (κ2) is 6.99. The second-order valence-electron chi connectivity index (χ2n) is 4.63. The number of hydrogen-bond donors (Lipinski definition) is 1. The van der Waals surface area contributed by atoms with Crippen LogP contribution in [-0.4, -0.2) is 35.9 Å². The monoisotopic (exact) mass is 249 g/mol. The number of pyridine rings is 1. The van der Waals surface area contributed by atoms with Crippen LogP contribution in [0.4, 0.5) is 5.82 Å². The molecule has 0 aromatic carbocycles. The minimum absolute atomic E-state index is 0.0272. The van der Waals surface area contributed by atoms with Crippen molar-refractivity contribution in [1.29, 1.82) is 0 Å². The summed E-state index contributed by atoms with van der Waals surface area (Å²) in [5.74, 6) is 1.21. The lowest BCUT2D eigenvalue weighted by Gasteiger charge is -2.21. The Morgan fingerprint density at radius 2 is 2.22 bits per heavy atom. The molecule has 0 aliphatic rings. The van der Waals surface area contributed by atoms with Gasteiger partial charge in [0.05, 0.1) is 5.56 Å². The average Bonchev–Trinajstić information content (AvgIpc) is 2.38. The molecule has 0 saturated heterocycles. The van der Waals surface area contributed by atoms with E-state index in [4.69, 9.17) is 0 Å². The molecule has 0 radical (unpaired) electrons. The van der Waals surface area contributed by atoms with E-state index in [1.165, 1.54) is 0 Å². The highest BCUT2D eigenvalue weighted by Crippen LogP contribution is 2.14. The van der Waals surface area contributed by atoms with Gasteiger partial charge in [0.1, 0.15) is 5.82 Å². The molecule has 18 heavy (non-hydrogen) atoms. The van der Waals surface area contributed by atoms with Crippen molar-refractivity contribution >= 4 is 11.7 Å². The first kappa shape index (κ1) is 14.5. The van der Waals surface area contributed by atoms with Crippen molar-refractivity contribution in [3.63, 3.8) is 0 Å². The summed E-state index contributed by atoms with van der Waals surface area (Å²) < 4.78 is 0. The number of anilines is 1. The summed E-state index contributed by atoms with van der Waals surface area (Å²) in [5, 5.41) is 3.12. The Labute approximate surface area is 109 Å². The first-order chi connectivity index (χ1) is 8.60. The summed E-state index contributed by atoms with van der Waals surface area (Å²) in [6.07, 6.45) is 2.77. The second-order valence-corrected chi connectivity index (χ2v) is 4.63. The summed E-state index contributed by atoms with van der Waals surface area (Å²) in [7, 11) is 1.84. The topological polar surface area (TPSA) is 45.2 Å². The summed E-state index contributed by atoms with van der Waals surface area (Å²) >= 11 is 0. The van der Waals surface area contributed by atoms with Gasteiger partial charge in [-0.25, -0.2) is 4.98 Å². The van der Waals surface area contributed by atoms with E-state index in [2.05, 4.69) is 24.1 Å². The lowest BCUT2D eigenvalue weighted by molar-refractivity contribution is 0.0775. The lowest BCUT2D eigenvalue weighted by atomic mass is 10.1. The normalized spacial score (nSPS) is 12.0. The van der Waals surface area contributed by atoms with Gasteiger partial charge >= 0.3 is 0 Å². The van der Waals surface area contributed by atoms with E-state index in [1.54, 1.807) is 17.2 Å². The quantitative estimate of drug-likeness (QED) is 0.843. The maximum Gasteiger partial charge on any atom is 0.257 e. The van der Waals surface area contributed by atoms with Crippen molar-refractivity contribution in [2.24, 2.45) is 5.92 Å². The van der Waals surface area contributed by atoms with Gasteiger partial charge in [0.15, 0.2) is 0 Å². The van der Waals surface area contributed by atoms with Gasteiger partial charge in [0.25, 0.3) is 5.91 Å². The van der Waals surface area contributed by atoms with E-state index in [9.17, 15) is 4.79 Å². The zero-order valence-corrected chi connectivity index (χ0v) is 11.7. The molecule has 0 aliphatic heterocycles. The Hall–Kier alpha value is -1.58. The van der Waals surface area contributed by atoms with Gasteiger partial charge in [0.2, 0.25) is 0 Å². The van der Waals surface area contributed by atoms with Gasteiger partial charge < -0.3 is 10.2 Å². The van der Waals surface area contributed by atoms with Crippen LogP contribution in [0.15, 0.2) is 18.3 Å². The molecule has 1 amide bonds. The van der Waals surface area contributed by atoms with Crippen molar-refractivity contribution in [1.82, 2.24) is 9.88 Å². The average molecular weight is 249 g/mol. The minimum Gasteiger partial charge on any atom is -0.370 e. The highest BCUT2D eigenvalue weighted by molar-refractivity contribution is 5.98. The molecule has 0 bridgehead atoms. The summed E-state index contributed by atoms with van der Waals surface area (Å²) in [5.41, 5.74) is 0.644. The van der Waals surface area contributed by atoms with E-state index in [0.29, 0.717) is 17.3 Å². The van der Waals surface area contributed by atoms with Crippen LogP contribution >= 0.6 is 0 Å². The molecule has 1 rings (SSSR count). The number of nitrogens with zero attached hydrogens (tertiary/aromatic N) is 2. The van der Waals surface area contributed by atoms with Crippen molar-refractivity contribution in [3.8, 4) is 0 Å². The van der Waals surface area contributed by atoms with Crippen LogP contribution in [0.1, 0.15) is 37.6 Å². The molecule has 0 fully saturated rings. The van der Waals surface area contributed by atoms with Crippen LogP contribution in [0.3, 0.4) is 0 Å². The Morgan fingerprint density at radius 1 is 1.50 bits per heavy atom. The maximum absolute atomic E-state index is 12.3. The van der Waals surface area contributed by atoms with Crippen LogP contribution in [0.2, 0.25) is 0 Å². The van der Waals surface area contributed by atoms with E-state index >= 15 is 0 Å². The lowest BCUT2D eigenvalue weighted by Crippen LogP contribution is -2.31. The van der Waals surface area contributed by atoms with Gasteiger partial charge in [-0.15, -0.1) is 0 Å². The molecule has 0 saturated carbocycles. The Kier molecular flexibility index (Phi) is 5.62. The Morgan fingerprint density at radius 3 is 2.83 bits per heavy atom. The van der Waals surface area contributed by atoms with Crippen molar-refractivity contribution < 1.29 is 4.79 Å². The number of hydrogen-bond acceptors (Lipinski definition) is 3. The highest BCUT2D eigenvalue weighted by atomic mass is 16.2. The van der Waals surface area contributed by atoms with Crippen LogP contribution in [0.25, 0.3) is 0 Å². The molecule has 1 aromatic heterocycles. The first-order valence-corrected chi connectivity index (χ1v) is 6.54. The number of carbonyl (C=O) groups excluding carboxylic acids is 1. The fourth-order valence-corrected chi connectivity index (χ4v) is 1.77. The van der Waals surface area contributed by atoms with Gasteiger partial charge in [-0.05, 0) is 25.0 Å². The third-order valence-corrected chi connectivity index (χ3v) is 3.01. The molecular weight excluding hydrogens is 226 g/mol. The molecule has 1 atom stereocenters. The van der Waals surface area contributed by atoms with Crippen molar-refractivity contribution in [2.75, 3.05) is 25.5 Å². The molecule has 1 N–H and O–H groups in total. The number of amides is 1. The molecule has 4 heteroatoms. The third kappa shape index (κ3) is 3.72. The molecule has 0 aliphatic carbocycles. The van der Waals surface area contributed by atoms with Crippen LogP contribution in [0.5, 0.6) is 0 Å². The largest absolute Gasteiger partial charge is 0.370 e. The van der Waals surface area contributed by atoms with E-state index in [-0.39, 0.29) is 5.91 Å².